The highest BCUT2D eigenvalue weighted by atomic mass is 19.1. The average Bonchev–Trinajstić information content (AvgIpc) is 2.41. The Labute approximate surface area is 109 Å². The van der Waals surface area contributed by atoms with Crippen LogP contribution in [-0.4, -0.2) is 34.5 Å². The predicted molar refractivity (Wildman–Crippen MR) is 67.1 cm³/mol. The topological polar surface area (TPSA) is 83.6 Å². The summed E-state index contributed by atoms with van der Waals surface area (Å²) < 4.78 is 13.4. The maximum absolute atomic E-state index is 13.4. The number of carboxylic acid groups (broad SMARTS) is 1. The van der Waals surface area contributed by atoms with Crippen molar-refractivity contribution in [2.45, 2.75) is 25.3 Å². The van der Waals surface area contributed by atoms with E-state index in [9.17, 15) is 14.0 Å². The van der Waals surface area contributed by atoms with Crippen molar-refractivity contribution in [3.8, 4) is 0 Å². The molecule has 1 fully saturated rings. The largest absolute Gasteiger partial charge is 0.480 e. The Balaban J connectivity index is 2.26. The summed E-state index contributed by atoms with van der Waals surface area (Å²) in [6.07, 6.45) is 1.96. The van der Waals surface area contributed by atoms with Gasteiger partial charge in [-0.05, 0) is 37.5 Å². The van der Waals surface area contributed by atoms with Gasteiger partial charge in [-0.1, -0.05) is 0 Å². The van der Waals surface area contributed by atoms with Crippen LogP contribution in [0.4, 0.5) is 10.1 Å². The molecule has 1 amide bonds. The molecule has 19 heavy (non-hydrogen) atoms. The van der Waals surface area contributed by atoms with E-state index in [0.29, 0.717) is 13.0 Å². The third-order valence-corrected chi connectivity index (χ3v) is 3.30. The summed E-state index contributed by atoms with van der Waals surface area (Å²) in [5.41, 5.74) is 5.44. The summed E-state index contributed by atoms with van der Waals surface area (Å²) in [6.45, 7) is 0.377. The van der Waals surface area contributed by atoms with Crippen LogP contribution in [0.1, 0.15) is 29.6 Å². The zero-order chi connectivity index (χ0) is 14.0. The van der Waals surface area contributed by atoms with Crippen molar-refractivity contribution in [1.82, 2.24) is 4.90 Å². The molecular formula is C13H15FN2O3. The van der Waals surface area contributed by atoms with Gasteiger partial charge in [-0.2, -0.15) is 0 Å². The number of hydrogen-bond acceptors (Lipinski definition) is 3. The second-order valence-corrected chi connectivity index (χ2v) is 4.58. The number of halogens is 1. The fourth-order valence-electron chi connectivity index (χ4n) is 2.26. The van der Waals surface area contributed by atoms with Gasteiger partial charge in [0.15, 0.2) is 0 Å². The van der Waals surface area contributed by atoms with Crippen molar-refractivity contribution in [2.75, 3.05) is 12.3 Å². The van der Waals surface area contributed by atoms with E-state index in [1.807, 2.05) is 0 Å². The number of benzene rings is 1. The number of nitrogens with two attached hydrogens (primary N) is 1. The van der Waals surface area contributed by atoms with Crippen molar-refractivity contribution >= 4 is 17.6 Å². The first-order valence-corrected chi connectivity index (χ1v) is 6.09. The minimum atomic E-state index is -1.02. The second-order valence-electron chi connectivity index (χ2n) is 4.58. The molecule has 0 bridgehead atoms. The van der Waals surface area contributed by atoms with Crippen LogP contribution in [0.15, 0.2) is 18.2 Å². The molecule has 1 aromatic carbocycles. The molecule has 5 nitrogen and oxygen atoms in total. The van der Waals surface area contributed by atoms with E-state index in [2.05, 4.69) is 0 Å². The van der Waals surface area contributed by atoms with E-state index >= 15 is 0 Å². The SMILES string of the molecule is Nc1ccc(C(=O)N2CCCC[C@H]2C(=O)O)cc1F. The number of carboxylic acids is 1. The summed E-state index contributed by atoms with van der Waals surface area (Å²) in [7, 11) is 0. The Morgan fingerprint density at radius 3 is 2.74 bits per heavy atom. The van der Waals surface area contributed by atoms with E-state index in [4.69, 9.17) is 10.8 Å². The molecule has 1 aliphatic heterocycles. The maximum atomic E-state index is 13.4. The molecule has 1 heterocycles. The van der Waals surface area contributed by atoms with E-state index in [-0.39, 0.29) is 11.3 Å². The fourth-order valence-corrected chi connectivity index (χ4v) is 2.26. The number of piperidine rings is 1. The van der Waals surface area contributed by atoms with Crippen LogP contribution in [0.5, 0.6) is 0 Å². The standard InChI is InChI=1S/C13H15FN2O3/c14-9-7-8(4-5-10(9)15)12(17)16-6-2-1-3-11(16)13(18)19/h4-5,7,11H,1-3,6,15H2,(H,18,19)/t11-/m0/s1. The average molecular weight is 266 g/mol. The van der Waals surface area contributed by atoms with Crippen LogP contribution < -0.4 is 5.73 Å². The molecule has 0 aromatic heterocycles. The first-order valence-electron chi connectivity index (χ1n) is 6.09. The van der Waals surface area contributed by atoms with Gasteiger partial charge < -0.3 is 15.7 Å². The van der Waals surface area contributed by atoms with Crippen LogP contribution in [-0.2, 0) is 4.79 Å². The number of carbonyl (C=O) groups excluding carboxylic acids is 1. The lowest BCUT2D eigenvalue weighted by molar-refractivity contribution is -0.143. The van der Waals surface area contributed by atoms with Gasteiger partial charge >= 0.3 is 5.97 Å². The number of hydrogen-bond donors (Lipinski definition) is 2. The van der Waals surface area contributed by atoms with Crippen LogP contribution in [0.25, 0.3) is 0 Å². The molecule has 3 N–H and O–H groups in total. The molecule has 102 valence electrons. The fraction of sp³-hybridized carbons (Fsp3) is 0.385. The van der Waals surface area contributed by atoms with Gasteiger partial charge in [0.1, 0.15) is 11.9 Å². The Hall–Kier alpha value is -2.11. The van der Waals surface area contributed by atoms with Crippen LogP contribution in [0, 0.1) is 5.82 Å². The van der Waals surface area contributed by atoms with E-state index in [1.54, 1.807) is 0 Å². The van der Waals surface area contributed by atoms with Crippen molar-refractivity contribution < 1.29 is 19.1 Å². The predicted octanol–water partition coefficient (Wildman–Crippen LogP) is 1.49. The van der Waals surface area contributed by atoms with Crippen molar-refractivity contribution in [2.24, 2.45) is 0 Å². The quantitative estimate of drug-likeness (QED) is 0.794. The van der Waals surface area contributed by atoms with Crippen LogP contribution in [0.2, 0.25) is 0 Å². The molecule has 1 aromatic rings. The summed E-state index contributed by atoms with van der Waals surface area (Å²) >= 11 is 0. The Bertz CT molecular complexity index is 519. The minimum Gasteiger partial charge on any atom is -0.480 e. The van der Waals surface area contributed by atoms with Gasteiger partial charge in [0.25, 0.3) is 5.91 Å². The molecule has 0 aliphatic carbocycles. The van der Waals surface area contributed by atoms with Crippen LogP contribution >= 0.6 is 0 Å². The highest BCUT2D eigenvalue weighted by molar-refractivity contribution is 5.97. The number of nitrogen functional groups attached to an aromatic ring is 1. The first kappa shape index (κ1) is 13.3. The molecule has 1 aliphatic rings. The summed E-state index contributed by atoms with van der Waals surface area (Å²) in [5.74, 6) is -2.16. The summed E-state index contributed by atoms with van der Waals surface area (Å²) in [5, 5.41) is 9.12. The molecule has 0 spiro atoms. The maximum Gasteiger partial charge on any atom is 0.326 e. The Kier molecular flexibility index (Phi) is 3.69. The van der Waals surface area contributed by atoms with Crippen LogP contribution in [0.3, 0.4) is 0 Å². The van der Waals surface area contributed by atoms with E-state index < -0.39 is 23.7 Å². The van der Waals surface area contributed by atoms with Crippen molar-refractivity contribution in [3.63, 3.8) is 0 Å². The molecule has 1 atom stereocenters. The van der Waals surface area contributed by atoms with Crippen molar-refractivity contribution in [1.29, 1.82) is 0 Å². The van der Waals surface area contributed by atoms with Crippen molar-refractivity contribution in [3.05, 3.63) is 29.6 Å². The zero-order valence-electron chi connectivity index (χ0n) is 10.3. The molecule has 2 rings (SSSR count). The van der Waals surface area contributed by atoms with Gasteiger partial charge in [-0.3, -0.25) is 4.79 Å². The molecule has 6 heteroatoms. The zero-order valence-corrected chi connectivity index (χ0v) is 10.3. The second kappa shape index (κ2) is 5.26. The lowest BCUT2D eigenvalue weighted by Gasteiger charge is -2.33. The van der Waals surface area contributed by atoms with Gasteiger partial charge in [0, 0.05) is 12.1 Å². The third-order valence-electron chi connectivity index (χ3n) is 3.30. The number of likely N-dealkylation sites (tertiary alicyclic amines) is 1. The molecule has 1 saturated heterocycles. The van der Waals surface area contributed by atoms with Gasteiger partial charge in [-0.15, -0.1) is 0 Å². The lowest BCUT2D eigenvalue weighted by Crippen LogP contribution is -2.48. The first-order chi connectivity index (χ1) is 9.00. The third kappa shape index (κ3) is 2.67. The highest BCUT2D eigenvalue weighted by Gasteiger charge is 2.32. The number of rotatable bonds is 2. The van der Waals surface area contributed by atoms with Gasteiger partial charge in [0.2, 0.25) is 0 Å². The molecule has 0 unspecified atom stereocenters. The molecular weight excluding hydrogens is 251 g/mol. The number of carbonyl (C=O) groups is 2. The van der Waals surface area contributed by atoms with E-state index in [1.165, 1.54) is 17.0 Å². The van der Waals surface area contributed by atoms with E-state index in [0.717, 1.165) is 18.9 Å². The highest BCUT2D eigenvalue weighted by Crippen LogP contribution is 2.21. The molecule has 0 radical (unpaired) electrons. The minimum absolute atomic E-state index is 0.0371. The van der Waals surface area contributed by atoms with Gasteiger partial charge in [0.05, 0.1) is 5.69 Å². The number of aliphatic carboxylic acids is 1. The Morgan fingerprint density at radius 2 is 2.11 bits per heavy atom. The normalized spacial score (nSPS) is 19.2. The Morgan fingerprint density at radius 1 is 1.37 bits per heavy atom. The summed E-state index contributed by atoms with van der Waals surface area (Å²) in [6, 6.07) is 2.93. The number of amides is 1. The monoisotopic (exact) mass is 266 g/mol. The summed E-state index contributed by atoms with van der Waals surface area (Å²) in [4.78, 5) is 24.7. The number of nitrogens with zero attached hydrogens (tertiary/aromatic N) is 1. The number of anilines is 1. The smallest absolute Gasteiger partial charge is 0.326 e. The van der Waals surface area contributed by atoms with Gasteiger partial charge in [-0.25, -0.2) is 9.18 Å². The molecule has 0 saturated carbocycles. The lowest BCUT2D eigenvalue weighted by atomic mass is 10.0.